The summed E-state index contributed by atoms with van der Waals surface area (Å²) in [4.78, 5) is 0. The Kier molecular flexibility index (Phi) is 3.87. The number of aromatic nitrogens is 2. The second kappa shape index (κ2) is 5.40. The Labute approximate surface area is 108 Å². The Morgan fingerprint density at radius 3 is 2.72 bits per heavy atom. The van der Waals surface area contributed by atoms with Gasteiger partial charge in [-0.2, -0.15) is 5.10 Å². The monoisotopic (exact) mass is 247 g/mol. The molecule has 0 atom stereocenters. The Bertz CT molecular complexity index is 525. The van der Waals surface area contributed by atoms with Gasteiger partial charge in [-0.1, -0.05) is 6.92 Å². The fourth-order valence-electron chi connectivity index (χ4n) is 2.13. The van der Waals surface area contributed by atoms with Crippen LogP contribution in [-0.2, 0) is 13.6 Å². The number of nitrogens with one attached hydrogen (secondary N) is 1. The molecule has 0 saturated heterocycles. The van der Waals surface area contributed by atoms with Crippen molar-refractivity contribution in [1.29, 1.82) is 0 Å². The van der Waals surface area contributed by atoms with Gasteiger partial charge in [0.2, 0.25) is 0 Å². The summed E-state index contributed by atoms with van der Waals surface area (Å²) in [6.07, 6.45) is 1.13. The van der Waals surface area contributed by atoms with Crippen molar-refractivity contribution in [3.05, 3.63) is 29.3 Å². The molecule has 4 heteroatoms. The minimum atomic E-state index is 0.784. The van der Waals surface area contributed by atoms with Crippen LogP contribution in [0.15, 0.2) is 16.5 Å². The minimum Gasteiger partial charge on any atom is -0.460 e. The van der Waals surface area contributed by atoms with Gasteiger partial charge in [0.15, 0.2) is 0 Å². The number of rotatable bonds is 5. The molecule has 0 spiro atoms. The predicted molar refractivity (Wildman–Crippen MR) is 72.4 cm³/mol. The summed E-state index contributed by atoms with van der Waals surface area (Å²) in [5, 5.41) is 7.75. The van der Waals surface area contributed by atoms with E-state index in [4.69, 9.17) is 4.42 Å². The van der Waals surface area contributed by atoms with Gasteiger partial charge >= 0.3 is 0 Å². The first kappa shape index (κ1) is 12.9. The van der Waals surface area contributed by atoms with E-state index in [0.29, 0.717) is 0 Å². The van der Waals surface area contributed by atoms with Crippen LogP contribution < -0.4 is 5.32 Å². The van der Waals surface area contributed by atoms with Crippen LogP contribution in [0.1, 0.15) is 30.5 Å². The van der Waals surface area contributed by atoms with Crippen molar-refractivity contribution in [2.45, 2.75) is 33.7 Å². The zero-order valence-corrected chi connectivity index (χ0v) is 11.6. The first-order valence-corrected chi connectivity index (χ1v) is 6.43. The number of nitrogens with zero attached hydrogens (tertiary/aromatic N) is 2. The highest BCUT2D eigenvalue weighted by Crippen LogP contribution is 2.28. The van der Waals surface area contributed by atoms with E-state index in [1.807, 2.05) is 30.8 Å². The van der Waals surface area contributed by atoms with Crippen LogP contribution in [0.5, 0.6) is 0 Å². The van der Waals surface area contributed by atoms with Crippen molar-refractivity contribution in [2.24, 2.45) is 7.05 Å². The highest BCUT2D eigenvalue weighted by molar-refractivity contribution is 5.63. The van der Waals surface area contributed by atoms with E-state index in [-0.39, 0.29) is 0 Å². The van der Waals surface area contributed by atoms with Gasteiger partial charge in [0, 0.05) is 12.7 Å². The molecule has 2 aromatic heterocycles. The van der Waals surface area contributed by atoms with E-state index in [9.17, 15) is 0 Å². The molecule has 0 unspecified atom stereocenters. The Balaban J connectivity index is 2.19. The molecule has 0 radical (unpaired) electrons. The predicted octanol–water partition coefficient (Wildman–Crippen LogP) is 2.80. The van der Waals surface area contributed by atoms with Gasteiger partial charge in [-0.15, -0.1) is 0 Å². The van der Waals surface area contributed by atoms with E-state index in [1.165, 1.54) is 0 Å². The van der Waals surface area contributed by atoms with Crippen LogP contribution >= 0.6 is 0 Å². The second-order valence-electron chi connectivity index (χ2n) is 4.61. The quantitative estimate of drug-likeness (QED) is 0.826. The molecule has 0 bridgehead atoms. The highest BCUT2D eigenvalue weighted by atomic mass is 16.3. The summed E-state index contributed by atoms with van der Waals surface area (Å²) in [5.41, 5.74) is 3.26. The molecule has 2 heterocycles. The average Bonchev–Trinajstić information content (AvgIpc) is 2.86. The summed E-state index contributed by atoms with van der Waals surface area (Å²) in [7, 11) is 1.96. The molecule has 0 aliphatic heterocycles. The lowest BCUT2D eigenvalue weighted by Crippen LogP contribution is -2.12. The second-order valence-corrected chi connectivity index (χ2v) is 4.61. The standard InChI is InChI=1S/C14H21N3O/c1-5-8-15-9-12-6-7-13(18-12)14-10(2)16-17(4)11(14)3/h6-7,15H,5,8-9H2,1-4H3. The number of hydrogen-bond acceptors (Lipinski definition) is 3. The smallest absolute Gasteiger partial charge is 0.138 e. The Hall–Kier alpha value is -1.55. The Morgan fingerprint density at radius 2 is 2.11 bits per heavy atom. The van der Waals surface area contributed by atoms with Gasteiger partial charge in [0.05, 0.1) is 17.8 Å². The Morgan fingerprint density at radius 1 is 1.33 bits per heavy atom. The molecule has 0 amide bonds. The van der Waals surface area contributed by atoms with Gasteiger partial charge in [-0.05, 0) is 38.9 Å². The molecule has 0 fully saturated rings. The van der Waals surface area contributed by atoms with Crippen LogP contribution in [0.3, 0.4) is 0 Å². The van der Waals surface area contributed by atoms with Crippen molar-refractivity contribution < 1.29 is 4.42 Å². The van der Waals surface area contributed by atoms with Crippen molar-refractivity contribution in [3.8, 4) is 11.3 Å². The molecule has 98 valence electrons. The lowest BCUT2D eigenvalue weighted by Gasteiger charge is -2.00. The molecule has 0 aromatic carbocycles. The van der Waals surface area contributed by atoms with Crippen LogP contribution in [-0.4, -0.2) is 16.3 Å². The van der Waals surface area contributed by atoms with E-state index in [1.54, 1.807) is 0 Å². The van der Waals surface area contributed by atoms with Crippen LogP contribution in [0.4, 0.5) is 0 Å². The first-order valence-electron chi connectivity index (χ1n) is 6.43. The molecule has 18 heavy (non-hydrogen) atoms. The van der Waals surface area contributed by atoms with Crippen molar-refractivity contribution in [3.63, 3.8) is 0 Å². The molecule has 0 aliphatic carbocycles. The normalized spacial score (nSPS) is 11.1. The molecule has 4 nitrogen and oxygen atoms in total. The van der Waals surface area contributed by atoms with Crippen LogP contribution in [0.25, 0.3) is 11.3 Å². The topological polar surface area (TPSA) is 43.0 Å². The van der Waals surface area contributed by atoms with Crippen LogP contribution in [0.2, 0.25) is 0 Å². The summed E-state index contributed by atoms with van der Waals surface area (Å²) >= 11 is 0. The fraction of sp³-hybridized carbons (Fsp3) is 0.500. The van der Waals surface area contributed by atoms with Crippen molar-refractivity contribution in [2.75, 3.05) is 6.54 Å². The summed E-state index contributed by atoms with van der Waals surface area (Å²) < 4.78 is 7.77. The largest absolute Gasteiger partial charge is 0.460 e. The first-order chi connectivity index (χ1) is 8.63. The van der Waals surface area contributed by atoms with Gasteiger partial charge in [0.25, 0.3) is 0 Å². The maximum atomic E-state index is 5.88. The van der Waals surface area contributed by atoms with Crippen LogP contribution in [0, 0.1) is 13.8 Å². The SMILES string of the molecule is CCCNCc1ccc(-c2c(C)nn(C)c2C)o1. The van der Waals surface area contributed by atoms with E-state index in [2.05, 4.69) is 24.3 Å². The fourth-order valence-corrected chi connectivity index (χ4v) is 2.13. The lowest BCUT2D eigenvalue weighted by atomic mass is 10.1. The molecule has 2 aromatic rings. The zero-order valence-electron chi connectivity index (χ0n) is 11.6. The highest BCUT2D eigenvalue weighted by Gasteiger charge is 2.14. The number of hydrogen-bond donors (Lipinski definition) is 1. The van der Waals surface area contributed by atoms with Gasteiger partial charge in [-0.3, -0.25) is 4.68 Å². The van der Waals surface area contributed by atoms with E-state index < -0.39 is 0 Å². The van der Waals surface area contributed by atoms with Gasteiger partial charge in [0.1, 0.15) is 11.5 Å². The minimum absolute atomic E-state index is 0.784. The number of furan rings is 1. The van der Waals surface area contributed by atoms with Gasteiger partial charge < -0.3 is 9.73 Å². The molecule has 0 aliphatic rings. The molecular weight excluding hydrogens is 226 g/mol. The summed E-state index contributed by atoms with van der Waals surface area (Å²) in [5.74, 6) is 1.88. The third-order valence-corrected chi connectivity index (χ3v) is 3.14. The third kappa shape index (κ3) is 2.48. The molecule has 2 rings (SSSR count). The summed E-state index contributed by atoms with van der Waals surface area (Å²) in [6.45, 7) is 8.03. The summed E-state index contributed by atoms with van der Waals surface area (Å²) in [6, 6.07) is 4.06. The molecule has 0 saturated carbocycles. The van der Waals surface area contributed by atoms with E-state index in [0.717, 1.165) is 48.0 Å². The number of aryl methyl sites for hydroxylation is 2. The average molecular weight is 247 g/mol. The van der Waals surface area contributed by atoms with E-state index >= 15 is 0 Å². The lowest BCUT2D eigenvalue weighted by molar-refractivity contribution is 0.493. The maximum Gasteiger partial charge on any atom is 0.138 e. The van der Waals surface area contributed by atoms with Crippen molar-refractivity contribution in [1.82, 2.24) is 15.1 Å². The molecular formula is C14H21N3O. The zero-order chi connectivity index (χ0) is 13.1. The maximum absolute atomic E-state index is 5.88. The molecule has 1 N–H and O–H groups in total. The third-order valence-electron chi connectivity index (χ3n) is 3.14. The van der Waals surface area contributed by atoms with Gasteiger partial charge in [-0.25, -0.2) is 0 Å². The van der Waals surface area contributed by atoms with Crippen molar-refractivity contribution >= 4 is 0 Å².